The monoisotopic (exact) mass is 1490 g/mol. The Balaban J connectivity index is 0.000000772. The van der Waals surface area contributed by atoms with Crippen LogP contribution in [0.5, 0.6) is 23.3 Å². The summed E-state index contributed by atoms with van der Waals surface area (Å²) >= 11 is 6.08. The molecule has 6 aromatic rings. The van der Waals surface area contributed by atoms with E-state index in [0.29, 0.717) is 17.9 Å². The second kappa shape index (κ2) is 35.5. The van der Waals surface area contributed by atoms with Gasteiger partial charge in [-0.25, -0.2) is 45.6 Å². The maximum absolute atomic E-state index is 13.4. The Morgan fingerprint density at radius 2 is 1.12 bits per heavy atom. The smallest absolute Gasteiger partial charge is 1.00 e. The van der Waals surface area contributed by atoms with Gasteiger partial charge in [-0.15, -0.1) is 22.6 Å². The number of hydrogen-bond donors (Lipinski definition) is 5. The maximum Gasteiger partial charge on any atom is 1.00 e. The van der Waals surface area contributed by atoms with Crippen molar-refractivity contribution < 1.29 is 192 Å². The van der Waals surface area contributed by atoms with Gasteiger partial charge in [0.25, 0.3) is 38.3 Å². The number of pyridine rings is 2. The predicted molar refractivity (Wildman–Crippen MR) is 336 cm³/mol. The third-order valence-corrected chi connectivity index (χ3v) is 18.3. The summed E-state index contributed by atoms with van der Waals surface area (Å²) in [6, 6.07) is 18.8. The van der Waals surface area contributed by atoms with Crippen molar-refractivity contribution >= 4 is 95.2 Å². The number of nitrogens with one attached hydrogen (secondary N) is 3. The summed E-state index contributed by atoms with van der Waals surface area (Å²) < 4.78 is 147. The minimum absolute atomic E-state index is 0. The van der Waals surface area contributed by atoms with Gasteiger partial charge in [0.05, 0.1) is 35.2 Å². The van der Waals surface area contributed by atoms with Gasteiger partial charge in [0.15, 0.2) is 11.6 Å². The molecule has 4 fully saturated rings. The number of nitrogens with zero attached hydrogens (tertiary/aromatic N) is 7. The molecule has 2 aromatic carbocycles. The second-order valence-corrected chi connectivity index (χ2v) is 27.0. The van der Waals surface area contributed by atoms with Gasteiger partial charge in [-0.05, 0) is 146 Å². The zero-order chi connectivity index (χ0) is 65.5. The number of amides is 2. The summed E-state index contributed by atoms with van der Waals surface area (Å²) in [6.07, 6.45) is -3.36. The van der Waals surface area contributed by atoms with E-state index in [0.717, 1.165) is 24.5 Å². The minimum atomic E-state index is -4.40. The number of anilines is 1. The number of carbonyl (C=O) groups is 3. The van der Waals surface area contributed by atoms with Crippen molar-refractivity contribution in [1.29, 1.82) is 0 Å². The fourth-order valence-electron chi connectivity index (χ4n) is 10.3. The van der Waals surface area contributed by atoms with E-state index in [4.69, 9.17) is 31.1 Å². The first-order chi connectivity index (χ1) is 41.5. The Hall–Kier alpha value is -3.48. The standard InChI is InChI=1S/C28H32F3N5O5S.C21H18ClF3N4O5S.C7H15N.CH2O3.ClH.2K.2H2S.H/c1-18-16-26(2,3)35(17-18)24-19(25(38)34-42(39,40)21-7-5-4-6-20(21)37)8-9-22(32-24)36-14-10-23(33-36)41-15-13-27(11-12-27)28(29,30)31;22-18-13(19(31)28-35(32,33)15-4-2-1-3-14(15)30)5-6-16(26-18)29-11-7-17(27-29)34-12-10-20(8-9-20)21(23,24)25;1-6-4-7(2,3)8-5-6;2-1-4-3;;;;;;/h4-10,14,18,37H,11-13,15-17H2,1-3H3,(H,34,38);1-7,11,30H,8-10,12H2,(H,28,31);6,8H,4-5H2,1-3H3;1,3H;1H;;;2*1H2;/q;;;;;2*+1;;;-1/p-1/t18-;;6-;;;;;;;/m0.0......./s1. The third-order valence-electron chi connectivity index (χ3n) is 15.3. The molecule has 94 heavy (non-hydrogen) atoms. The fourth-order valence-corrected chi connectivity index (χ4v) is 12.7. The number of hydrogen-bond acceptors (Lipinski definition) is 19. The minimum Gasteiger partial charge on any atom is -1.00 e. The largest absolute Gasteiger partial charge is 1.00 e. The van der Waals surface area contributed by atoms with E-state index in [1.54, 1.807) is 0 Å². The molecule has 0 bridgehead atoms. The number of ether oxygens (including phenoxy) is 2. The molecule has 5 N–H and O–H groups in total. The van der Waals surface area contributed by atoms with Crippen molar-refractivity contribution in [2.75, 3.05) is 31.2 Å². The van der Waals surface area contributed by atoms with Crippen LogP contribution in [0.2, 0.25) is 5.15 Å². The molecule has 10 rings (SSSR count). The number of rotatable bonds is 18. The Kier molecular flexibility index (Phi) is 32.7. The Morgan fingerprint density at radius 3 is 1.46 bits per heavy atom. The zero-order valence-electron chi connectivity index (χ0n) is 53.3. The van der Waals surface area contributed by atoms with Crippen LogP contribution in [0.1, 0.15) is 115 Å². The average molecular weight is 1500 g/mol. The van der Waals surface area contributed by atoms with Crippen LogP contribution in [0, 0.1) is 22.7 Å². The molecule has 510 valence electrons. The van der Waals surface area contributed by atoms with Crippen molar-refractivity contribution in [2.24, 2.45) is 22.7 Å². The van der Waals surface area contributed by atoms with E-state index in [-0.39, 0.29) is 247 Å². The van der Waals surface area contributed by atoms with Gasteiger partial charge in [0, 0.05) is 42.1 Å². The molecule has 6 heterocycles. The Labute approximate surface area is 651 Å². The van der Waals surface area contributed by atoms with E-state index in [1.807, 2.05) is 28.2 Å². The third kappa shape index (κ3) is 22.5. The second-order valence-electron chi connectivity index (χ2n) is 23.3. The molecule has 2 aliphatic carbocycles. The molecular formula is C57H72Cl2F6K2N10O13S4. The molecule has 0 unspecified atom stereocenters. The number of aromatic hydroxyl groups is 2. The molecule has 4 aliphatic rings. The van der Waals surface area contributed by atoms with Crippen LogP contribution in [0.4, 0.5) is 32.2 Å². The number of benzene rings is 2. The van der Waals surface area contributed by atoms with Gasteiger partial charge in [0.2, 0.25) is 11.8 Å². The molecular weight excluding hydrogens is 1420 g/mol. The Bertz CT molecular complexity index is 3770. The van der Waals surface area contributed by atoms with Crippen molar-refractivity contribution in [3.05, 3.63) is 114 Å². The van der Waals surface area contributed by atoms with Crippen molar-refractivity contribution in [3.63, 3.8) is 0 Å². The van der Waals surface area contributed by atoms with E-state index in [1.165, 1.54) is 108 Å². The first-order valence-electron chi connectivity index (χ1n) is 27.7. The quantitative estimate of drug-likeness (QED) is 0.0206. The van der Waals surface area contributed by atoms with Crippen molar-refractivity contribution in [2.45, 2.75) is 126 Å². The molecule has 2 aliphatic heterocycles. The molecule has 2 amide bonds. The van der Waals surface area contributed by atoms with E-state index < -0.39 is 81.9 Å². The number of phenols is 2. The summed E-state index contributed by atoms with van der Waals surface area (Å²) in [7, 11) is -8.78. The number of aromatic nitrogens is 6. The van der Waals surface area contributed by atoms with Gasteiger partial charge in [-0.2, -0.15) is 53.3 Å². The van der Waals surface area contributed by atoms with Crippen LogP contribution >= 0.6 is 51.0 Å². The van der Waals surface area contributed by atoms with Gasteiger partial charge in [0.1, 0.15) is 32.3 Å². The molecule has 37 heteroatoms. The Morgan fingerprint density at radius 1 is 0.702 bits per heavy atom. The van der Waals surface area contributed by atoms with Crippen LogP contribution < -0.4 is 137 Å². The SMILES string of the molecule is C[C@@H]1CN(c2nc(-n3ccc(OCCC4(C(F)(F)F)CC4)n3)ccc2C(=O)NS(=O)(=O)c2ccccc2O)C(C)(C)C1.C[C@@H]1CNC(C)(C)C1.Cl.O=C(NS(=O)(=O)c1ccccc1O)c1ccc(-n2ccc(OCCC3(C(F)(F)F)CC3)n2)nc1Cl.O=CO[O-].S.S.[H-].[K+].[K+]. The summed E-state index contributed by atoms with van der Waals surface area (Å²) in [5, 5.41) is 39.7. The average Bonchev–Trinajstić information content (AvgIpc) is 1.75. The molecule has 2 saturated carbocycles. The first kappa shape index (κ1) is 86.6. The summed E-state index contributed by atoms with van der Waals surface area (Å²) in [6.45, 7) is 14.2. The van der Waals surface area contributed by atoms with Gasteiger partial charge in [-0.1, -0.05) is 49.7 Å². The molecule has 4 aromatic heterocycles. The zero-order valence-corrected chi connectivity index (χ0v) is 63.8. The molecule has 0 radical (unpaired) electrons. The topological polar surface area (TPSA) is 311 Å². The number of halogens is 8. The number of phenolic OH excluding ortho intramolecular Hbond substituents is 2. The van der Waals surface area contributed by atoms with Crippen LogP contribution in [0.3, 0.4) is 0 Å². The van der Waals surface area contributed by atoms with Crippen LogP contribution in [-0.2, 0) is 29.7 Å². The first-order valence-corrected chi connectivity index (χ1v) is 31.0. The van der Waals surface area contributed by atoms with Crippen molar-refractivity contribution in [3.8, 4) is 34.9 Å². The summed E-state index contributed by atoms with van der Waals surface area (Å²) in [5.74, 6) is -0.982. The fraction of sp³-hybridized carbons (Fsp3) is 0.456. The normalized spacial score (nSPS) is 17.5. The van der Waals surface area contributed by atoms with Crippen molar-refractivity contribution in [1.82, 2.24) is 44.3 Å². The van der Waals surface area contributed by atoms with E-state index >= 15 is 0 Å². The number of sulfonamides is 2. The number of para-hydroxylation sites is 2. The van der Waals surface area contributed by atoms with Gasteiger partial charge in [-0.3, -0.25) is 14.4 Å². The van der Waals surface area contributed by atoms with Gasteiger partial charge < -0.3 is 41.5 Å². The van der Waals surface area contributed by atoms with E-state index in [2.05, 4.69) is 58.1 Å². The molecule has 2 saturated heterocycles. The van der Waals surface area contributed by atoms with Crippen LogP contribution in [0.15, 0.2) is 107 Å². The summed E-state index contributed by atoms with van der Waals surface area (Å²) in [5.41, 5.74) is -3.58. The number of alkyl halides is 6. The van der Waals surface area contributed by atoms with Crippen LogP contribution in [-0.4, -0.2) is 125 Å². The maximum atomic E-state index is 13.4. The van der Waals surface area contributed by atoms with Gasteiger partial charge >= 0.3 is 115 Å². The molecule has 23 nitrogen and oxygen atoms in total. The summed E-state index contributed by atoms with van der Waals surface area (Å²) in [4.78, 5) is 46.8. The predicted octanol–water partition coefficient (Wildman–Crippen LogP) is 3.28. The molecule has 2 atom stereocenters. The van der Waals surface area contributed by atoms with Crippen LogP contribution in [0.25, 0.3) is 11.6 Å². The van der Waals surface area contributed by atoms with E-state index in [9.17, 15) is 63.0 Å². The number of carbonyl (C=O) groups excluding carboxylic acids is 3. The molecule has 0 spiro atoms.